The van der Waals surface area contributed by atoms with Crippen molar-refractivity contribution in [3.63, 3.8) is 0 Å². The van der Waals surface area contributed by atoms with Crippen molar-refractivity contribution >= 4 is 23.2 Å². The Labute approximate surface area is 123 Å². The number of hydrogen-bond acceptors (Lipinski definition) is 2. The molecule has 4 heteroatoms. The molecular weight excluding hydrogens is 279 g/mol. The minimum atomic E-state index is 0.0258. The van der Waals surface area contributed by atoms with Crippen LogP contribution >= 0.6 is 23.2 Å². The second kappa shape index (κ2) is 6.38. The van der Waals surface area contributed by atoms with Crippen molar-refractivity contribution in [3.8, 4) is 0 Å². The third-order valence-corrected chi connectivity index (χ3v) is 3.79. The molecule has 0 aliphatic heterocycles. The Hall–Kier alpha value is -1.09. The Morgan fingerprint density at radius 2 is 2.05 bits per heavy atom. The number of rotatable bonds is 4. The van der Waals surface area contributed by atoms with Gasteiger partial charge in [-0.05, 0) is 42.8 Å². The molecule has 0 aliphatic rings. The molecule has 2 rings (SSSR count). The summed E-state index contributed by atoms with van der Waals surface area (Å²) in [5.74, 6) is 0. The summed E-state index contributed by atoms with van der Waals surface area (Å²) in [5, 5.41) is 4.62. The van der Waals surface area contributed by atoms with Crippen LogP contribution < -0.4 is 5.32 Å². The van der Waals surface area contributed by atoms with E-state index >= 15 is 0 Å². The van der Waals surface area contributed by atoms with E-state index in [1.165, 1.54) is 0 Å². The van der Waals surface area contributed by atoms with Crippen LogP contribution in [0.5, 0.6) is 0 Å². The summed E-state index contributed by atoms with van der Waals surface area (Å²) >= 11 is 12.4. The molecule has 1 unspecified atom stereocenters. The predicted octanol–water partition coefficient (Wildman–Crippen LogP) is 4.40. The first kappa shape index (κ1) is 14.3. The van der Waals surface area contributed by atoms with Crippen LogP contribution in [0.1, 0.15) is 29.8 Å². The van der Waals surface area contributed by atoms with Crippen LogP contribution in [-0.4, -0.2) is 11.5 Å². The van der Waals surface area contributed by atoms with Gasteiger partial charge in [-0.25, -0.2) is 0 Å². The van der Waals surface area contributed by atoms with Crippen molar-refractivity contribution in [1.82, 2.24) is 10.3 Å². The number of pyridine rings is 1. The van der Waals surface area contributed by atoms with Crippen molar-refractivity contribution in [1.29, 1.82) is 0 Å². The Kier molecular flexibility index (Phi) is 4.81. The highest BCUT2D eigenvalue weighted by Gasteiger charge is 2.17. The smallest absolute Gasteiger partial charge is 0.0643 e. The van der Waals surface area contributed by atoms with Crippen LogP contribution in [0.2, 0.25) is 10.0 Å². The van der Waals surface area contributed by atoms with Crippen molar-refractivity contribution < 1.29 is 0 Å². The molecule has 0 spiro atoms. The number of nitrogens with one attached hydrogen (secondary N) is 1. The lowest BCUT2D eigenvalue weighted by molar-refractivity contribution is 0.629. The molecule has 0 amide bonds. The van der Waals surface area contributed by atoms with Crippen LogP contribution in [0, 0.1) is 6.92 Å². The molecule has 0 saturated heterocycles. The fourth-order valence-corrected chi connectivity index (χ4v) is 2.52. The van der Waals surface area contributed by atoms with E-state index in [2.05, 4.69) is 23.3 Å². The summed E-state index contributed by atoms with van der Waals surface area (Å²) in [7, 11) is 0. The van der Waals surface area contributed by atoms with Crippen LogP contribution in [-0.2, 0) is 0 Å². The minimum absolute atomic E-state index is 0.0258. The molecular formula is C15H16Cl2N2. The molecule has 1 heterocycles. The average Bonchev–Trinajstić information content (AvgIpc) is 2.40. The number of aryl methyl sites for hydroxylation is 1. The number of halogens is 2. The molecule has 100 valence electrons. The van der Waals surface area contributed by atoms with Gasteiger partial charge in [0, 0.05) is 11.9 Å². The highest BCUT2D eigenvalue weighted by atomic mass is 35.5. The monoisotopic (exact) mass is 294 g/mol. The van der Waals surface area contributed by atoms with Gasteiger partial charge in [0.2, 0.25) is 0 Å². The lowest BCUT2D eigenvalue weighted by Crippen LogP contribution is -2.22. The van der Waals surface area contributed by atoms with Gasteiger partial charge in [-0.15, -0.1) is 0 Å². The molecule has 0 aliphatic carbocycles. The minimum Gasteiger partial charge on any atom is -0.306 e. The second-order valence-corrected chi connectivity index (χ2v) is 5.15. The SMILES string of the molecule is CCNC(c1ccnc(C)c1)c1cccc(Cl)c1Cl. The van der Waals surface area contributed by atoms with Gasteiger partial charge in [0.15, 0.2) is 0 Å². The zero-order chi connectivity index (χ0) is 13.8. The molecule has 1 N–H and O–H groups in total. The van der Waals surface area contributed by atoms with Crippen LogP contribution in [0.4, 0.5) is 0 Å². The zero-order valence-electron chi connectivity index (χ0n) is 11.0. The maximum Gasteiger partial charge on any atom is 0.0643 e. The Morgan fingerprint density at radius 1 is 1.26 bits per heavy atom. The number of nitrogens with zero attached hydrogens (tertiary/aromatic N) is 1. The van der Waals surface area contributed by atoms with Gasteiger partial charge in [-0.1, -0.05) is 42.3 Å². The van der Waals surface area contributed by atoms with E-state index in [1.807, 2.05) is 31.3 Å². The van der Waals surface area contributed by atoms with Gasteiger partial charge >= 0.3 is 0 Å². The summed E-state index contributed by atoms with van der Waals surface area (Å²) in [4.78, 5) is 4.23. The number of benzene rings is 1. The molecule has 2 aromatic rings. The summed E-state index contributed by atoms with van der Waals surface area (Å²) in [6, 6.07) is 9.80. The fourth-order valence-electron chi connectivity index (χ4n) is 2.10. The van der Waals surface area contributed by atoms with Gasteiger partial charge in [-0.3, -0.25) is 4.98 Å². The van der Waals surface area contributed by atoms with Crippen LogP contribution in [0.3, 0.4) is 0 Å². The van der Waals surface area contributed by atoms with E-state index in [0.29, 0.717) is 10.0 Å². The van der Waals surface area contributed by atoms with Crippen LogP contribution in [0.15, 0.2) is 36.5 Å². The second-order valence-electron chi connectivity index (χ2n) is 4.36. The van der Waals surface area contributed by atoms with E-state index in [9.17, 15) is 0 Å². The highest BCUT2D eigenvalue weighted by Crippen LogP contribution is 2.33. The maximum atomic E-state index is 6.33. The van der Waals surface area contributed by atoms with Gasteiger partial charge in [-0.2, -0.15) is 0 Å². The average molecular weight is 295 g/mol. The summed E-state index contributed by atoms with van der Waals surface area (Å²) in [6.07, 6.45) is 1.81. The van der Waals surface area contributed by atoms with E-state index in [-0.39, 0.29) is 6.04 Å². The van der Waals surface area contributed by atoms with Gasteiger partial charge in [0.05, 0.1) is 16.1 Å². The van der Waals surface area contributed by atoms with E-state index < -0.39 is 0 Å². The summed E-state index contributed by atoms with van der Waals surface area (Å²) in [6.45, 7) is 4.89. The molecule has 0 bridgehead atoms. The quantitative estimate of drug-likeness (QED) is 0.904. The van der Waals surface area contributed by atoms with Crippen LogP contribution in [0.25, 0.3) is 0 Å². The van der Waals surface area contributed by atoms with Gasteiger partial charge in [0.25, 0.3) is 0 Å². The normalized spacial score (nSPS) is 12.4. The molecule has 2 nitrogen and oxygen atoms in total. The fraction of sp³-hybridized carbons (Fsp3) is 0.267. The number of hydrogen-bond donors (Lipinski definition) is 1. The van der Waals surface area contributed by atoms with Gasteiger partial charge < -0.3 is 5.32 Å². The van der Waals surface area contributed by atoms with Crippen molar-refractivity contribution in [2.45, 2.75) is 19.9 Å². The van der Waals surface area contributed by atoms with E-state index in [0.717, 1.165) is 23.4 Å². The summed E-state index contributed by atoms with van der Waals surface area (Å²) < 4.78 is 0. The molecule has 0 saturated carbocycles. The number of aromatic nitrogens is 1. The lowest BCUT2D eigenvalue weighted by Gasteiger charge is -2.20. The largest absolute Gasteiger partial charge is 0.306 e. The maximum absolute atomic E-state index is 6.33. The summed E-state index contributed by atoms with van der Waals surface area (Å²) in [5.41, 5.74) is 3.11. The Bertz CT molecular complexity index is 570. The van der Waals surface area contributed by atoms with Crippen molar-refractivity contribution in [3.05, 3.63) is 63.4 Å². The Balaban J connectivity index is 2.48. The molecule has 1 aromatic heterocycles. The first-order chi connectivity index (χ1) is 9.13. The third kappa shape index (κ3) is 3.27. The molecule has 19 heavy (non-hydrogen) atoms. The first-order valence-corrected chi connectivity index (χ1v) is 6.99. The topological polar surface area (TPSA) is 24.9 Å². The van der Waals surface area contributed by atoms with Crippen molar-refractivity contribution in [2.24, 2.45) is 0 Å². The molecule has 1 aromatic carbocycles. The van der Waals surface area contributed by atoms with E-state index in [1.54, 1.807) is 6.07 Å². The standard InChI is InChI=1S/C15H16Cl2N2/c1-3-18-15(11-7-8-19-10(2)9-11)12-5-4-6-13(16)14(12)17/h4-9,15,18H,3H2,1-2H3. The van der Waals surface area contributed by atoms with E-state index in [4.69, 9.17) is 23.2 Å². The Morgan fingerprint density at radius 3 is 2.74 bits per heavy atom. The highest BCUT2D eigenvalue weighted by molar-refractivity contribution is 6.42. The molecule has 0 radical (unpaired) electrons. The molecule has 0 fully saturated rings. The lowest BCUT2D eigenvalue weighted by atomic mass is 9.99. The predicted molar refractivity (Wildman–Crippen MR) is 81.0 cm³/mol. The first-order valence-electron chi connectivity index (χ1n) is 6.23. The van der Waals surface area contributed by atoms with Gasteiger partial charge in [0.1, 0.15) is 0 Å². The zero-order valence-corrected chi connectivity index (χ0v) is 12.5. The third-order valence-electron chi connectivity index (χ3n) is 2.95. The molecule has 1 atom stereocenters. The van der Waals surface area contributed by atoms with Crippen molar-refractivity contribution in [2.75, 3.05) is 6.54 Å².